The summed E-state index contributed by atoms with van der Waals surface area (Å²) in [7, 11) is 0. The second kappa shape index (κ2) is 12.6. The molecule has 3 atom stereocenters. The number of esters is 1. The molecule has 0 saturated heterocycles. The first-order valence-electron chi connectivity index (χ1n) is 9.26. The zero-order valence-corrected chi connectivity index (χ0v) is 15.3. The second-order valence-corrected chi connectivity index (χ2v) is 6.59. The minimum atomic E-state index is -4.58. The third-order valence-electron chi connectivity index (χ3n) is 4.38. The Kier molecular flexibility index (Phi) is 12.2. The molecule has 2 N–H and O–H groups in total. The van der Waals surface area contributed by atoms with Crippen molar-refractivity contribution in [2.45, 2.75) is 103 Å². The minimum Gasteiger partial charge on any atom is -0.462 e. The van der Waals surface area contributed by atoms with E-state index in [2.05, 4.69) is 6.92 Å². The van der Waals surface area contributed by atoms with Crippen LogP contribution in [-0.2, 0) is 9.53 Å². The molecule has 0 saturated carbocycles. The molecule has 1 unspecified atom stereocenters. The van der Waals surface area contributed by atoms with Crippen LogP contribution in [0.1, 0.15) is 85.0 Å². The maximum absolute atomic E-state index is 12.9. The fraction of sp³-hybridized carbons (Fsp3) is 0.944. The number of nitrogens with two attached hydrogens (primary N) is 1. The van der Waals surface area contributed by atoms with Gasteiger partial charge in [0, 0.05) is 0 Å². The van der Waals surface area contributed by atoms with E-state index in [0.29, 0.717) is 12.8 Å². The summed E-state index contributed by atoms with van der Waals surface area (Å²) < 4.78 is 43.8. The molecule has 0 spiro atoms. The van der Waals surface area contributed by atoms with E-state index in [1.807, 2.05) is 6.92 Å². The van der Waals surface area contributed by atoms with Gasteiger partial charge in [-0.25, -0.2) is 0 Å². The first-order chi connectivity index (χ1) is 11.2. The summed E-state index contributed by atoms with van der Waals surface area (Å²) in [5, 5.41) is 0. The number of carbonyl (C=O) groups is 1. The number of hydrogen-bond acceptors (Lipinski definition) is 3. The van der Waals surface area contributed by atoms with Gasteiger partial charge in [-0.2, -0.15) is 13.2 Å². The highest BCUT2D eigenvalue weighted by Crippen LogP contribution is 2.28. The van der Waals surface area contributed by atoms with Gasteiger partial charge in [0.1, 0.15) is 6.04 Å². The van der Waals surface area contributed by atoms with Crippen LogP contribution in [0.5, 0.6) is 0 Å². The quantitative estimate of drug-likeness (QED) is 0.358. The van der Waals surface area contributed by atoms with Crippen molar-refractivity contribution in [3.05, 3.63) is 0 Å². The SMILES string of the molecule is CCCCCCCCCC[C@@H](C(=O)OC(C)CC)[C@@H](N)C(F)(F)F. The lowest BCUT2D eigenvalue weighted by molar-refractivity contribution is -0.179. The minimum absolute atomic E-state index is 0.130. The van der Waals surface area contributed by atoms with Crippen molar-refractivity contribution in [2.24, 2.45) is 11.7 Å². The van der Waals surface area contributed by atoms with Crippen molar-refractivity contribution < 1.29 is 22.7 Å². The fourth-order valence-electron chi connectivity index (χ4n) is 2.54. The maximum atomic E-state index is 12.9. The molecule has 0 aromatic heterocycles. The van der Waals surface area contributed by atoms with Crippen molar-refractivity contribution in [1.29, 1.82) is 0 Å². The standard InChI is InChI=1S/C18H34F3NO2/c1-4-6-7-8-9-10-11-12-13-15(16(22)18(19,20)21)17(23)24-14(3)5-2/h14-16H,4-13,22H2,1-3H3/t14?,15-,16-/m1/s1. The Morgan fingerprint density at radius 2 is 1.50 bits per heavy atom. The summed E-state index contributed by atoms with van der Waals surface area (Å²) >= 11 is 0. The Labute approximate surface area is 144 Å². The first kappa shape index (κ1) is 23.2. The van der Waals surface area contributed by atoms with Crippen molar-refractivity contribution in [1.82, 2.24) is 0 Å². The van der Waals surface area contributed by atoms with E-state index in [1.54, 1.807) is 6.92 Å². The molecular weight excluding hydrogens is 319 g/mol. The number of rotatable bonds is 13. The highest BCUT2D eigenvalue weighted by molar-refractivity contribution is 5.73. The summed E-state index contributed by atoms with van der Waals surface area (Å²) in [6.45, 7) is 5.64. The van der Waals surface area contributed by atoms with Gasteiger partial charge in [-0.05, 0) is 19.8 Å². The summed E-state index contributed by atoms with van der Waals surface area (Å²) in [5.41, 5.74) is 5.28. The molecule has 0 radical (unpaired) electrons. The zero-order chi connectivity index (χ0) is 18.6. The normalized spacial score (nSPS) is 15.8. The lowest BCUT2D eigenvalue weighted by atomic mass is 9.93. The molecule has 0 aromatic carbocycles. The average Bonchev–Trinajstić information content (AvgIpc) is 2.51. The number of ether oxygens (including phenoxy) is 1. The average molecular weight is 353 g/mol. The summed E-state index contributed by atoms with van der Waals surface area (Å²) in [5.74, 6) is -2.13. The predicted molar refractivity (Wildman–Crippen MR) is 90.6 cm³/mol. The Morgan fingerprint density at radius 1 is 1.00 bits per heavy atom. The Bertz CT molecular complexity index is 335. The maximum Gasteiger partial charge on any atom is 0.404 e. The molecule has 0 rings (SSSR count). The number of alkyl halides is 3. The molecule has 6 heteroatoms. The van der Waals surface area contributed by atoms with Crippen molar-refractivity contribution in [2.75, 3.05) is 0 Å². The van der Waals surface area contributed by atoms with Gasteiger partial charge in [0.15, 0.2) is 0 Å². The van der Waals surface area contributed by atoms with E-state index in [-0.39, 0.29) is 12.5 Å². The van der Waals surface area contributed by atoms with Crippen LogP contribution in [0.15, 0.2) is 0 Å². The van der Waals surface area contributed by atoms with E-state index in [0.717, 1.165) is 25.7 Å². The van der Waals surface area contributed by atoms with Gasteiger partial charge in [0.25, 0.3) is 0 Å². The number of hydrogen-bond donors (Lipinski definition) is 1. The van der Waals surface area contributed by atoms with Crippen LogP contribution in [0, 0.1) is 5.92 Å². The smallest absolute Gasteiger partial charge is 0.404 e. The van der Waals surface area contributed by atoms with Crippen LogP contribution < -0.4 is 5.73 Å². The van der Waals surface area contributed by atoms with Crippen LogP contribution in [0.3, 0.4) is 0 Å². The Hall–Kier alpha value is -0.780. The molecule has 24 heavy (non-hydrogen) atoms. The highest BCUT2D eigenvalue weighted by atomic mass is 19.4. The van der Waals surface area contributed by atoms with Gasteiger partial charge in [0.05, 0.1) is 12.0 Å². The van der Waals surface area contributed by atoms with E-state index < -0.39 is 24.1 Å². The molecule has 144 valence electrons. The number of unbranched alkanes of at least 4 members (excludes halogenated alkanes) is 7. The first-order valence-corrected chi connectivity index (χ1v) is 9.26. The topological polar surface area (TPSA) is 52.3 Å². The zero-order valence-electron chi connectivity index (χ0n) is 15.3. The van der Waals surface area contributed by atoms with Gasteiger partial charge in [-0.3, -0.25) is 4.79 Å². The summed E-state index contributed by atoms with van der Waals surface area (Å²) in [6, 6.07) is -2.15. The predicted octanol–water partition coefficient (Wildman–Crippen LogP) is 5.36. The van der Waals surface area contributed by atoms with Gasteiger partial charge in [-0.1, -0.05) is 65.2 Å². The molecule has 0 aliphatic rings. The number of carbonyl (C=O) groups excluding carboxylic acids is 1. The van der Waals surface area contributed by atoms with Crippen molar-refractivity contribution >= 4 is 5.97 Å². The van der Waals surface area contributed by atoms with Crippen molar-refractivity contribution in [3.8, 4) is 0 Å². The molecule has 0 fully saturated rings. The van der Waals surface area contributed by atoms with Crippen LogP contribution >= 0.6 is 0 Å². The van der Waals surface area contributed by atoms with Gasteiger partial charge in [0.2, 0.25) is 0 Å². The van der Waals surface area contributed by atoms with E-state index in [9.17, 15) is 18.0 Å². The Balaban J connectivity index is 4.33. The van der Waals surface area contributed by atoms with Gasteiger partial charge in [-0.15, -0.1) is 0 Å². The summed E-state index contributed by atoms with van der Waals surface area (Å²) in [6.07, 6.45) is 3.97. The van der Waals surface area contributed by atoms with Crippen LogP contribution in [0.2, 0.25) is 0 Å². The molecule has 0 aromatic rings. The van der Waals surface area contributed by atoms with Crippen LogP contribution in [0.25, 0.3) is 0 Å². The van der Waals surface area contributed by atoms with E-state index in [1.165, 1.54) is 19.3 Å². The van der Waals surface area contributed by atoms with Crippen LogP contribution in [-0.4, -0.2) is 24.3 Å². The number of halogens is 3. The van der Waals surface area contributed by atoms with Gasteiger partial charge < -0.3 is 10.5 Å². The van der Waals surface area contributed by atoms with Gasteiger partial charge >= 0.3 is 12.1 Å². The Morgan fingerprint density at radius 3 is 1.96 bits per heavy atom. The van der Waals surface area contributed by atoms with E-state index in [4.69, 9.17) is 10.5 Å². The van der Waals surface area contributed by atoms with E-state index >= 15 is 0 Å². The second-order valence-electron chi connectivity index (χ2n) is 6.59. The third kappa shape index (κ3) is 10.2. The highest BCUT2D eigenvalue weighted by Gasteiger charge is 2.45. The monoisotopic (exact) mass is 353 g/mol. The lowest BCUT2D eigenvalue weighted by Gasteiger charge is -2.25. The largest absolute Gasteiger partial charge is 0.462 e. The molecule has 3 nitrogen and oxygen atoms in total. The molecule has 0 bridgehead atoms. The third-order valence-corrected chi connectivity index (χ3v) is 4.38. The molecule has 0 heterocycles. The molecule has 0 amide bonds. The fourth-order valence-corrected chi connectivity index (χ4v) is 2.54. The molecule has 0 aliphatic carbocycles. The molecular formula is C18H34F3NO2. The van der Waals surface area contributed by atoms with Crippen molar-refractivity contribution in [3.63, 3.8) is 0 Å². The van der Waals surface area contributed by atoms with Crippen LogP contribution in [0.4, 0.5) is 13.2 Å². The molecule has 0 aliphatic heterocycles. The summed E-state index contributed by atoms with van der Waals surface area (Å²) in [4.78, 5) is 12.0. The lowest BCUT2D eigenvalue weighted by Crippen LogP contribution is -2.47.